The van der Waals surface area contributed by atoms with Crippen LogP contribution in [-0.4, -0.2) is 29.0 Å². The van der Waals surface area contributed by atoms with Gasteiger partial charge in [0.05, 0.1) is 0 Å². The molecule has 1 saturated heterocycles. The van der Waals surface area contributed by atoms with Crippen LogP contribution < -0.4 is 0 Å². The first-order valence-corrected chi connectivity index (χ1v) is 5.72. The predicted molar refractivity (Wildman–Crippen MR) is 62.3 cm³/mol. The molecular weight excluding hydrogens is 202 g/mol. The highest BCUT2D eigenvalue weighted by Crippen LogP contribution is 2.32. The van der Waals surface area contributed by atoms with Gasteiger partial charge in [0.2, 0.25) is 5.91 Å². The quantitative estimate of drug-likeness (QED) is 0.786. The lowest BCUT2D eigenvalue weighted by atomic mass is 9.90. The van der Waals surface area contributed by atoms with Crippen molar-refractivity contribution in [2.24, 2.45) is 0 Å². The van der Waals surface area contributed by atoms with Crippen molar-refractivity contribution in [3.63, 3.8) is 0 Å². The molecule has 86 valence electrons. The first kappa shape index (κ1) is 11.0. The van der Waals surface area contributed by atoms with Crippen LogP contribution in [0, 0.1) is 0 Å². The summed E-state index contributed by atoms with van der Waals surface area (Å²) in [5, 5.41) is 9.78. The molecule has 1 unspecified atom stereocenters. The Morgan fingerprint density at radius 2 is 2.19 bits per heavy atom. The van der Waals surface area contributed by atoms with E-state index in [1.54, 1.807) is 13.0 Å². The Morgan fingerprint density at radius 3 is 2.88 bits per heavy atom. The first-order valence-electron chi connectivity index (χ1n) is 5.72. The minimum absolute atomic E-state index is 0.125. The van der Waals surface area contributed by atoms with Crippen molar-refractivity contribution in [3.05, 3.63) is 29.8 Å². The fourth-order valence-electron chi connectivity index (χ4n) is 2.35. The number of rotatable bonds is 1. The van der Waals surface area contributed by atoms with Gasteiger partial charge in [0, 0.05) is 25.9 Å². The molecule has 1 aliphatic heterocycles. The predicted octanol–water partition coefficient (Wildman–Crippen LogP) is 2.12. The van der Waals surface area contributed by atoms with Gasteiger partial charge in [0.1, 0.15) is 5.75 Å². The smallest absolute Gasteiger partial charge is 0.219 e. The summed E-state index contributed by atoms with van der Waals surface area (Å²) in [7, 11) is 0. The zero-order chi connectivity index (χ0) is 11.5. The summed E-state index contributed by atoms with van der Waals surface area (Å²) >= 11 is 0. The molecule has 1 aliphatic rings. The monoisotopic (exact) mass is 219 g/mol. The number of hydrogen-bond donors (Lipinski definition) is 1. The third-order valence-electron chi connectivity index (χ3n) is 3.24. The van der Waals surface area contributed by atoms with E-state index >= 15 is 0 Å². The standard InChI is InChI=1S/C13H17NO2/c1-10(15)14-8-4-5-11(9-14)12-6-2-3-7-13(12)16/h2-3,6-7,11,16H,4-5,8-9H2,1H3. The van der Waals surface area contributed by atoms with Gasteiger partial charge in [0.15, 0.2) is 0 Å². The number of aromatic hydroxyl groups is 1. The Labute approximate surface area is 95.7 Å². The molecule has 1 atom stereocenters. The zero-order valence-electron chi connectivity index (χ0n) is 9.52. The molecule has 1 aromatic carbocycles. The molecule has 1 amide bonds. The lowest BCUT2D eigenvalue weighted by Crippen LogP contribution is -2.37. The van der Waals surface area contributed by atoms with Crippen molar-refractivity contribution in [2.75, 3.05) is 13.1 Å². The van der Waals surface area contributed by atoms with Crippen LogP contribution in [-0.2, 0) is 4.79 Å². The topological polar surface area (TPSA) is 40.5 Å². The van der Waals surface area contributed by atoms with E-state index in [2.05, 4.69) is 0 Å². The average Bonchev–Trinajstić information content (AvgIpc) is 2.30. The number of hydrogen-bond acceptors (Lipinski definition) is 2. The van der Waals surface area contributed by atoms with E-state index in [-0.39, 0.29) is 11.8 Å². The summed E-state index contributed by atoms with van der Waals surface area (Å²) in [5.74, 6) is 0.747. The van der Waals surface area contributed by atoms with Crippen LogP contribution in [0.3, 0.4) is 0 Å². The normalized spacial score (nSPS) is 20.8. The lowest BCUT2D eigenvalue weighted by molar-refractivity contribution is -0.130. The highest BCUT2D eigenvalue weighted by molar-refractivity contribution is 5.73. The summed E-state index contributed by atoms with van der Waals surface area (Å²) < 4.78 is 0. The van der Waals surface area contributed by atoms with Crippen LogP contribution in [0.4, 0.5) is 0 Å². The van der Waals surface area contributed by atoms with Crippen LogP contribution >= 0.6 is 0 Å². The van der Waals surface area contributed by atoms with E-state index in [0.29, 0.717) is 5.75 Å². The van der Waals surface area contributed by atoms with Gasteiger partial charge in [-0.1, -0.05) is 18.2 Å². The van der Waals surface area contributed by atoms with Gasteiger partial charge >= 0.3 is 0 Å². The Kier molecular flexibility index (Phi) is 3.13. The molecule has 1 heterocycles. The number of amides is 1. The van der Waals surface area contributed by atoms with Gasteiger partial charge in [-0.25, -0.2) is 0 Å². The molecule has 0 bridgehead atoms. The van der Waals surface area contributed by atoms with Crippen LogP contribution in [0.2, 0.25) is 0 Å². The highest BCUT2D eigenvalue weighted by Gasteiger charge is 2.24. The molecule has 1 fully saturated rings. The Hall–Kier alpha value is -1.51. The van der Waals surface area contributed by atoms with Crippen molar-refractivity contribution < 1.29 is 9.90 Å². The van der Waals surface area contributed by atoms with Gasteiger partial charge in [0.25, 0.3) is 0 Å². The molecule has 1 N–H and O–H groups in total. The van der Waals surface area contributed by atoms with E-state index in [0.717, 1.165) is 31.5 Å². The molecule has 0 spiro atoms. The summed E-state index contributed by atoms with van der Waals surface area (Å²) in [6.07, 6.45) is 2.06. The van der Waals surface area contributed by atoms with Crippen LogP contribution in [0.5, 0.6) is 5.75 Å². The first-order chi connectivity index (χ1) is 7.68. The maximum atomic E-state index is 11.3. The molecule has 0 aliphatic carbocycles. The summed E-state index contributed by atoms with van der Waals surface area (Å²) in [4.78, 5) is 13.2. The Balaban J connectivity index is 2.16. The van der Waals surface area contributed by atoms with E-state index in [4.69, 9.17) is 0 Å². The van der Waals surface area contributed by atoms with Crippen molar-refractivity contribution in [1.82, 2.24) is 4.90 Å². The van der Waals surface area contributed by atoms with Gasteiger partial charge in [-0.05, 0) is 24.5 Å². The molecule has 3 heteroatoms. The van der Waals surface area contributed by atoms with E-state index in [9.17, 15) is 9.90 Å². The van der Waals surface area contributed by atoms with Gasteiger partial charge in [-0.2, -0.15) is 0 Å². The van der Waals surface area contributed by atoms with Crippen molar-refractivity contribution >= 4 is 5.91 Å². The second kappa shape index (κ2) is 4.56. The minimum Gasteiger partial charge on any atom is -0.508 e. The number of carbonyl (C=O) groups excluding carboxylic acids is 1. The summed E-state index contributed by atoms with van der Waals surface area (Å²) in [6, 6.07) is 7.41. The second-order valence-electron chi connectivity index (χ2n) is 4.36. The molecule has 1 aromatic rings. The molecule has 0 aromatic heterocycles. The maximum absolute atomic E-state index is 11.3. The van der Waals surface area contributed by atoms with Crippen molar-refractivity contribution in [1.29, 1.82) is 0 Å². The zero-order valence-corrected chi connectivity index (χ0v) is 9.52. The van der Waals surface area contributed by atoms with Crippen LogP contribution in [0.15, 0.2) is 24.3 Å². The number of piperidine rings is 1. The molecular formula is C13H17NO2. The lowest BCUT2D eigenvalue weighted by Gasteiger charge is -2.32. The fraction of sp³-hybridized carbons (Fsp3) is 0.462. The van der Waals surface area contributed by atoms with Crippen molar-refractivity contribution in [2.45, 2.75) is 25.7 Å². The van der Waals surface area contributed by atoms with E-state index in [1.807, 2.05) is 23.1 Å². The maximum Gasteiger partial charge on any atom is 0.219 e. The fourth-order valence-corrected chi connectivity index (χ4v) is 2.35. The van der Waals surface area contributed by atoms with E-state index < -0.39 is 0 Å². The van der Waals surface area contributed by atoms with Gasteiger partial charge in [-0.3, -0.25) is 4.79 Å². The average molecular weight is 219 g/mol. The number of benzene rings is 1. The molecule has 3 nitrogen and oxygen atoms in total. The SMILES string of the molecule is CC(=O)N1CCCC(c2ccccc2O)C1. The highest BCUT2D eigenvalue weighted by atomic mass is 16.3. The number of carbonyl (C=O) groups is 1. The van der Waals surface area contributed by atoms with Crippen LogP contribution in [0.25, 0.3) is 0 Å². The number of phenolic OH excluding ortho intramolecular Hbond substituents is 1. The summed E-state index contributed by atoms with van der Waals surface area (Å²) in [6.45, 7) is 3.18. The number of likely N-dealkylation sites (tertiary alicyclic amines) is 1. The van der Waals surface area contributed by atoms with Crippen molar-refractivity contribution in [3.8, 4) is 5.75 Å². The Bertz CT molecular complexity index is 389. The number of para-hydroxylation sites is 1. The summed E-state index contributed by atoms with van der Waals surface area (Å²) in [5.41, 5.74) is 0.966. The number of nitrogens with zero attached hydrogens (tertiary/aromatic N) is 1. The molecule has 0 radical (unpaired) electrons. The molecule has 16 heavy (non-hydrogen) atoms. The van der Waals surface area contributed by atoms with Crippen LogP contribution in [0.1, 0.15) is 31.2 Å². The largest absolute Gasteiger partial charge is 0.508 e. The van der Waals surface area contributed by atoms with Gasteiger partial charge < -0.3 is 10.0 Å². The minimum atomic E-state index is 0.125. The van der Waals surface area contributed by atoms with Gasteiger partial charge in [-0.15, -0.1) is 0 Å². The number of phenols is 1. The molecule has 2 rings (SSSR count). The third-order valence-corrected chi connectivity index (χ3v) is 3.24. The Morgan fingerprint density at radius 1 is 1.44 bits per heavy atom. The molecule has 0 saturated carbocycles. The van der Waals surface area contributed by atoms with E-state index in [1.165, 1.54) is 0 Å². The third kappa shape index (κ3) is 2.18. The second-order valence-corrected chi connectivity index (χ2v) is 4.36.